The molecule has 1 amide bonds. The van der Waals surface area contributed by atoms with Crippen LogP contribution in [-0.2, 0) is 14.8 Å². The second kappa shape index (κ2) is 8.04. The number of hydrogen-bond donors (Lipinski definition) is 1. The molecule has 1 heterocycles. The molecule has 6 nitrogen and oxygen atoms in total. The summed E-state index contributed by atoms with van der Waals surface area (Å²) < 4.78 is 53.1. The smallest absolute Gasteiger partial charge is 0.244 e. The molecule has 0 bridgehead atoms. The van der Waals surface area contributed by atoms with E-state index in [1.165, 1.54) is 22.5 Å². The van der Waals surface area contributed by atoms with Crippen molar-refractivity contribution in [2.75, 3.05) is 18.4 Å². The van der Waals surface area contributed by atoms with Crippen LogP contribution in [0.1, 0.15) is 18.4 Å². The fourth-order valence-electron chi connectivity index (χ4n) is 3.10. The molecule has 0 saturated carbocycles. The fourth-order valence-corrected chi connectivity index (χ4v) is 4.71. The molecule has 0 radical (unpaired) electrons. The summed E-state index contributed by atoms with van der Waals surface area (Å²) in [6, 6.07) is 10.9. The van der Waals surface area contributed by atoms with Gasteiger partial charge >= 0.3 is 0 Å². The summed E-state index contributed by atoms with van der Waals surface area (Å²) in [5.74, 6) is -2.89. The number of rotatable bonds is 4. The van der Waals surface area contributed by atoms with Crippen LogP contribution in [0.5, 0.6) is 0 Å². The average molecular weight is 405 g/mol. The summed E-state index contributed by atoms with van der Waals surface area (Å²) in [6.07, 6.45) is 0.562. The van der Waals surface area contributed by atoms with Crippen molar-refractivity contribution in [2.24, 2.45) is 5.92 Å². The van der Waals surface area contributed by atoms with Crippen molar-refractivity contribution in [3.8, 4) is 6.07 Å². The molecule has 2 aromatic carbocycles. The number of carbonyl (C=O) groups is 1. The Morgan fingerprint density at radius 3 is 2.43 bits per heavy atom. The van der Waals surface area contributed by atoms with Crippen molar-refractivity contribution < 1.29 is 22.0 Å². The number of amides is 1. The summed E-state index contributed by atoms with van der Waals surface area (Å²) in [5, 5.41) is 11.7. The van der Waals surface area contributed by atoms with E-state index in [4.69, 9.17) is 5.26 Å². The Bertz CT molecular complexity index is 1040. The lowest BCUT2D eigenvalue weighted by Gasteiger charge is -2.30. The van der Waals surface area contributed by atoms with Crippen LogP contribution in [0.25, 0.3) is 0 Å². The zero-order valence-electron chi connectivity index (χ0n) is 14.7. The van der Waals surface area contributed by atoms with E-state index in [-0.39, 0.29) is 48.0 Å². The number of piperidine rings is 1. The maximum atomic E-state index is 13.3. The molecule has 146 valence electrons. The van der Waals surface area contributed by atoms with E-state index in [0.717, 1.165) is 12.1 Å². The Hall–Kier alpha value is -2.83. The summed E-state index contributed by atoms with van der Waals surface area (Å²) >= 11 is 0. The monoisotopic (exact) mass is 405 g/mol. The highest BCUT2D eigenvalue weighted by Crippen LogP contribution is 2.26. The van der Waals surface area contributed by atoms with Gasteiger partial charge in [-0.05, 0) is 37.1 Å². The van der Waals surface area contributed by atoms with Gasteiger partial charge in [0.1, 0.15) is 6.07 Å². The lowest BCUT2D eigenvalue weighted by Crippen LogP contribution is -2.41. The first-order valence-electron chi connectivity index (χ1n) is 8.58. The molecule has 28 heavy (non-hydrogen) atoms. The van der Waals surface area contributed by atoms with Crippen LogP contribution in [-0.4, -0.2) is 31.7 Å². The number of nitriles is 1. The van der Waals surface area contributed by atoms with Gasteiger partial charge in [0, 0.05) is 30.8 Å². The van der Waals surface area contributed by atoms with Crippen LogP contribution in [0.3, 0.4) is 0 Å². The second-order valence-corrected chi connectivity index (χ2v) is 8.31. The third-order valence-electron chi connectivity index (χ3n) is 4.64. The van der Waals surface area contributed by atoms with Gasteiger partial charge in [0.15, 0.2) is 11.6 Å². The summed E-state index contributed by atoms with van der Waals surface area (Å²) in [4.78, 5) is 12.3. The van der Waals surface area contributed by atoms with E-state index in [1.807, 2.05) is 6.07 Å². The number of carbonyl (C=O) groups excluding carboxylic acids is 1. The lowest BCUT2D eigenvalue weighted by atomic mass is 9.97. The number of hydrogen-bond acceptors (Lipinski definition) is 4. The van der Waals surface area contributed by atoms with Gasteiger partial charge in [-0.15, -0.1) is 0 Å². The van der Waals surface area contributed by atoms with Gasteiger partial charge in [-0.25, -0.2) is 17.2 Å². The van der Waals surface area contributed by atoms with Gasteiger partial charge in [0.2, 0.25) is 15.9 Å². The molecular formula is C19H17F2N3O3S. The van der Waals surface area contributed by atoms with Gasteiger partial charge in [0.05, 0.1) is 10.5 Å². The highest BCUT2D eigenvalue weighted by Gasteiger charge is 2.33. The molecule has 2 aromatic rings. The highest BCUT2D eigenvalue weighted by atomic mass is 32.2. The number of nitrogens with zero attached hydrogens (tertiary/aromatic N) is 2. The zero-order chi connectivity index (χ0) is 20.3. The van der Waals surface area contributed by atoms with Crippen molar-refractivity contribution in [2.45, 2.75) is 17.7 Å². The molecule has 1 aliphatic rings. The topological polar surface area (TPSA) is 90.3 Å². The Morgan fingerprint density at radius 2 is 1.79 bits per heavy atom. The molecule has 0 unspecified atom stereocenters. The third-order valence-corrected chi connectivity index (χ3v) is 6.59. The molecule has 0 atom stereocenters. The molecule has 3 rings (SSSR count). The SMILES string of the molecule is N#Cc1ccccc1S(=O)(=O)N1CCC(C(=O)Nc2ccc(F)c(F)c2)CC1. The first-order chi connectivity index (χ1) is 13.3. The Balaban J connectivity index is 1.66. The minimum Gasteiger partial charge on any atom is -0.326 e. The standard InChI is InChI=1S/C19H17F2N3O3S/c20-16-6-5-15(11-17(16)21)23-19(25)13-7-9-24(10-8-13)28(26,27)18-4-2-1-3-14(18)12-22/h1-6,11,13H,7-10H2,(H,23,25). The molecule has 0 aromatic heterocycles. The van der Waals surface area contributed by atoms with Crippen LogP contribution in [0.4, 0.5) is 14.5 Å². The highest BCUT2D eigenvalue weighted by molar-refractivity contribution is 7.89. The van der Waals surface area contributed by atoms with Crippen LogP contribution in [0.15, 0.2) is 47.4 Å². The number of nitrogens with one attached hydrogen (secondary N) is 1. The molecule has 0 spiro atoms. The van der Waals surface area contributed by atoms with E-state index in [9.17, 15) is 22.0 Å². The molecule has 1 fully saturated rings. The Kier molecular flexibility index (Phi) is 5.72. The van der Waals surface area contributed by atoms with Gasteiger partial charge in [0.25, 0.3) is 0 Å². The van der Waals surface area contributed by atoms with Crippen LogP contribution in [0, 0.1) is 28.9 Å². The van der Waals surface area contributed by atoms with Crippen LogP contribution < -0.4 is 5.32 Å². The molecule has 0 aliphatic carbocycles. The van der Waals surface area contributed by atoms with E-state index in [0.29, 0.717) is 0 Å². The Labute approximate surface area is 161 Å². The normalized spacial score (nSPS) is 15.8. The second-order valence-electron chi connectivity index (χ2n) is 6.40. The predicted octanol–water partition coefficient (Wildman–Crippen LogP) is 2.88. The number of sulfonamides is 1. The molecular weight excluding hydrogens is 388 g/mol. The van der Waals surface area contributed by atoms with E-state index < -0.39 is 27.6 Å². The summed E-state index contributed by atoms with van der Waals surface area (Å²) in [7, 11) is -3.84. The van der Waals surface area contributed by atoms with Crippen molar-refractivity contribution in [3.05, 3.63) is 59.7 Å². The minimum atomic E-state index is -3.84. The van der Waals surface area contributed by atoms with Gasteiger partial charge in [-0.2, -0.15) is 9.57 Å². The molecule has 1 aliphatic heterocycles. The van der Waals surface area contributed by atoms with Gasteiger partial charge < -0.3 is 5.32 Å². The maximum Gasteiger partial charge on any atom is 0.244 e. The predicted molar refractivity (Wildman–Crippen MR) is 97.6 cm³/mol. The molecule has 9 heteroatoms. The fraction of sp³-hybridized carbons (Fsp3) is 0.263. The van der Waals surface area contributed by atoms with E-state index >= 15 is 0 Å². The van der Waals surface area contributed by atoms with Gasteiger partial charge in [-0.1, -0.05) is 12.1 Å². The van der Waals surface area contributed by atoms with Crippen molar-refractivity contribution in [3.63, 3.8) is 0 Å². The van der Waals surface area contributed by atoms with Crippen molar-refractivity contribution in [1.29, 1.82) is 5.26 Å². The van der Waals surface area contributed by atoms with Crippen LogP contribution in [0.2, 0.25) is 0 Å². The Morgan fingerprint density at radius 1 is 1.11 bits per heavy atom. The van der Waals surface area contributed by atoms with Gasteiger partial charge in [-0.3, -0.25) is 4.79 Å². The quantitative estimate of drug-likeness (QED) is 0.847. The number of anilines is 1. The maximum absolute atomic E-state index is 13.3. The first kappa shape index (κ1) is 19.9. The summed E-state index contributed by atoms with van der Waals surface area (Å²) in [6.45, 7) is 0.246. The average Bonchev–Trinajstić information content (AvgIpc) is 2.70. The number of benzene rings is 2. The lowest BCUT2D eigenvalue weighted by molar-refractivity contribution is -0.120. The molecule has 1 saturated heterocycles. The zero-order valence-corrected chi connectivity index (χ0v) is 15.5. The molecule has 1 N–H and O–H groups in total. The number of halogens is 2. The van der Waals surface area contributed by atoms with Crippen molar-refractivity contribution >= 4 is 21.6 Å². The summed E-state index contributed by atoms with van der Waals surface area (Å²) in [5.41, 5.74) is 0.211. The minimum absolute atomic E-state index is 0.0535. The first-order valence-corrected chi connectivity index (χ1v) is 10.0. The van der Waals surface area contributed by atoms with E-state index in [1.54, 1.807) is 12.1 Å². The third kappa shape index (κ3) is 4.03. The largest absolute Gasteiger partial charge is 0.326 e. The van der Waals surface area contributed by atoms with E-state index in [2.05, 4.69) is 5.32 Å². The van der Waals surface area contributed by atoms with Crippen LogP contribution >= 0.6 is 0 Å². The van der Waals surface area contributed by atoms with Crippen molar-refractivity contribution in [1.82, 2.24) is 4.31 Å².